The van der Waals surface area contributed by atoms with Gasteiger partial charge in [0.2, 0.25) is 0 Å². The number of imide groups is 1. The van der Waals surface area contributed by atoms with E-state index in [1.807, 2.05) is 0 Å². The molecule has 2 bridgehead atoms. The van der Waals surface area contributed by atoms with E-state index < -0.39 is 29.7 Å². The summed E-state index contributed by atoms with van der Waals surface area (Å²) in [5.41, 5.74) is -0.742. The first kappa shape index (κ1) is 18.3. The Morgan fingerprint density at radius 2 is 2.00 bits per heavy atom. The van der Waals surface area contributed by atoms with Crippen LogP contribution in [0.1, 0.15) is 40.5 Å². The zero-order chi connectivity index (χ0) is 17.4. The molecular weight excluding hydrogens is 417 g/mol. The van der Waals surface area contributed by atoms with Crippen LogP contribution >= 0.6 is 22.6 Å². The second-order valence-corrected chi connectivity index (χ2v) is 8.29. The molecule has 1 saturated heterocycles. The fourth-order valence-corrected chi connectivity index (χ4v) is 3.84. The van der Waals surface area contributed by atoms with Crippen molar-refractivity contribution in [3.05, 3.63) is 0 Å². The van der Waals surface area contributed by atoms with Crippen LogP contribution in [0, 0.1) is 5.92 Å². The monoisotopic (exact) mass is 439 g/mol. The molecule has 8 heteroatoms. The fourth-order valence-electron chi connectivity index (χ4n) is 2.85. The van der Waals surface area contributed by atoms with Crippen molar-refractivity contribution in [1.29, 1.82) is 0 Å². The van der Waals surface area contributed by atoms with Gasteiger partial charge in [-0.3, -0.25) is 4.79 Å². The Bertz CT molecular complexity index is 503. The molecule has 2 fully saturated rings. The summed E-state index contributed by atoms with van der Waals surface area (Å²) in [7, 11) is 0. The Labute approximate surface area is 149 Å². The Kier molecular flexibility index (Phi) is 5.42. The van der Waals surface area contributed by atoms with Crippen molar-refractivity contribution in [2.45, 2.75) is 62.2 Å². The Balaban J connectivity index is 2.25. The number of carbonyl (C=O) groups excluding carboxylic acids is 3. The first-order chi connectivity index (χ1) is 10.6. The third-order valence-electron chi connectivity index (χ3n) is 3.78. The summed E-state index contributed by atoms with van der Waals surface area (Å²) in [5.74, 6) is -0.936. The number of hydrogen-bond donors (Lipinski definition) is 0. The molecule has 0 radical (unpaired) electrons. The molecular formula is C15H22INO6. The maximum absolute atomic E-state index is 12.4. The number of halogens is 1. The second kappa shape index (κ2) is 6.82. The zero-order valence-corrected chi connectivity index (χ0v) is 15.9. The maximum atomic E-state index is 12.4. The summed E-state index contributed by atoms with van der Waals surface area (Å²) in [6.45, 7) is 7.13. The number of alkyl halides is 1. The van der Waals surface area contributed by atoms with Crippen LogP contribution in [0.25, 0.3) is 0 Å². The van der Waals surface area contributed by atoms with E-state index in [4.69, 9.17) is 14.2 Å². The highest BCUT2D eigenvalue weighted by molar-refractivity contribution is 14.1. The first-order valence-electron chi connectivity index (χ1n) is 7.67. The molecule has 7 nitrogen and oxygen atoms in total. The van der Waals surface area contributed by atoms with Gasteiger partial charge in [-0.1, -0.05) is 22.6 Å². The molecule has 0 aromatic carbocycles. The lowest BCUT2D eigenvalue weighted by molar-refractivity contribution is -0.154. The summed E-state index contributed by atoms with van der Waals surface area (Å²) in [6, 6.07) is -0.582. The van der Waals surface area contributed by atoms with E-state index in [9.17, 15) is 14.4 Å². The van der Waals surface area contributed by atoms with Crippen LogP contribution in [-0.4, -0.2) is 51.3 Å². The number of carbonyl (C=O) groups is 3. The smallest absolute Gasteiger partial charge is 0.420 e. The van der Waals surface area contributed by atoms with Crippen LogP contribution in [0.5, 0.6) is 0 Å². The van der Waals surface area contributed by atoms with Gasteiger partial charge in [-0.15, -0.1) is 0 Å². The molecule has 4 atom stereocenters. The van der Waals surface area contributed by atoms with Gasteiger partial charge < -0.3 is 14.2 Å². The van der Waals surface area contributed by atoms with Crippen LogP contribution in [0.4, 0.5) is 9.59 Å². The Morgan fingerprint density at radius 1 is 1.35 bits per heavy atom. The average molecular weight is 439 g/mol. The summed E-state index contributed by atoms with van der Waals surface area (Å²) in [5, 5.41) is 0. The lowest BCUT2D eigenvalue weighted by Crippen LogP contribution is -2.61. The molecule has 130 valence electrons. The van der Waals surface area contributed by atoms with Gasteiger partial charge in [0.15, 0.2) is 0 Å². The normalized spacial score (nSPS) is 30.5. The third-order valence-corrected chi connectivity index (χ3v) is 5.09. The quantitative estimate of drug-likeness (QED) is 0.285. The first-order valence-corrected chi connectivity index (χ1v) is 8.92. The summed E-state index contributed by atoms with van der Waals surface area (Å²) in [6.07, 6.45) is -0.913. The molecule has 0 unspecified atom stereocenters. The van der Waals surface area contributed by atoms with Crippen molar-refractivity contribution in [2.75, 3.05) is 6.61 Å². The molecule has 0 aromatic rings. The number of rotatable bonds is 2. The molecule has 0 N–H and O–H groups in total. The average Bonchev–Trinajstić information content (AvgIpc) is 2.40. The van der Waals surface area contributed by atoms with Gasteiger partial charge in [0.1, 0.15) is 11.7 Å². The number of esters is 1. The Hall–Kier alpha value is -1.06. The van der Waals surface area contributed by atoms with Gasteiger partial charge in [0.05, 0.1) is 18.6 Å². The van der Waals surface area contributed by atoms with E-state index in [2.05, 4.69) is 22.6 Å². The lowest BCUT2D eigenvalue weighted by atomic mass is 9.81. The molecule has 2 aliphatic rings. The van der Waals surface area contributed by atoms with Gasteiger partial charge in [0, 0.05) is 10.3 Å². The number of nitrogens with zero attached hydrogens (tertiary/aromatic N) is 1. The molecule has 1 saturated carbocycles. The minimum Gasteiger partial charge on any atom is -0.466 e. The largest absolute Gasteiger partial charge is 0.466 e. The van der Waals surface area contributed by atoms with E-state index in [-0.39, 0.29) is 22.6 Å². The topological polar surface area (TPSA) is 82.1 Å². The minimum atomic E-state index is -0.785. The fraction of sp³-hybridized carbons (Fsp3) is 0.800. The van der Waals surface area contributed by atoms with E-state index >= 15 is 0 Å². The number of hydrogen-bond acceptors (Lipinski definition) is 6. The number of fused-ring (bicyclic) bond motifs is 2. The van der Waals surface area contributed by atoms with Crippen molar-refractivity contribution in [3.8, 4) is 0 Å². The molecule has 2 amide bonds. The van der Waals surface area contributed by atoms with Crippen molar-refractivity contribution >= 4 is 40.7 Å². The molecule has 0 spiro atoms. The van der Waals surface area contributed by atoms with Gasteiger partial charge in [-0.2, -0.15) is 0 Å². The third kappa shape index (κ3) is 4.07. The highest BCUT2D eigenvalue weighted by Crippen LogP contribution is 2.39. The predicted molar refractivity (Wildman–Crippen MR) is 89.3 cm³/mol. The van der Waals surface area contributed by atoms with Crippen LogP contribution in [0.15, 0.2) is 0 Å². The highest BCUT2D eigenvalue weighted by atomic mass is 127. The second-order valence-electron chi connectivity index (χ2n) is 6.69. The SMILES string of the molecule is CCOC(=O)[C@@H]1C[C@@H](I)[C@H]2C[C@@H]1N(C(=O)OC(C)(C)C)C(=O)O2. The summed E-state index contributed by atoms with van der Waals surface area (Å²) >= 11 is 2.18. The molecule has 1 aliphatic carbocycles. The number of ether oxygens (including phenoxy) is 3. The van der Waals surface area contributed by atoms with Crippen molar-refractivity contribution in [2.24, 2.45) is 5.92 Å². The summed E-state index contributed by atoms with van der Waals surface area (Å²) < 4.78 is 15.7. The Morgan fingerprint density at radius 3 is 2.57 bits per heavy atom. The van der Waals surface area contributed by atoms with Gasteiger partial charge in [-0.05, 0) is 34.1 Å². The van der Waals surface area contributed by atoms with Crippen LogP contribution in [0.2, 0.25) is 0 Å². The molecule has 23 heavy (non-hydrogen) atoms. The van der Waals surface area contributed by atoms with Crippen molar-refractivity contribution < 1.29 is 28.6 Å². The summed E-state index contributed by atoms with van der Waals surface area (Å²) in [4.78, 5) is 37.8. The van der Waals surface area contributed by atoms with Gasteiger partial charge in [-0.25, -0.2) is 14.5 Å². The van der Waals surface area contributed by atoms with E-state index in [0.29, 0.717) is 12.8 Å². The van der Waals surface area contributed by atoms with Crippen LogP contribution < -0.4 is 0 Å². The molecule has 2 rings (SSSR count). The maximum Gasteiger partial charge on any atom is 0.420 e. The molecule has 1 heterocycles. The zero-order valence-electron chi connectivity index (χ0n) is 13.7. The standard InChI is InChI=1S/C15H22INO6/c1-5-21-12(18)8-6-9(16)11-7-10(8)17(13(19)22-11)14(20)23-15(2,3)4/h8-11H,5-7H2,1-4H3/t8-,9-,10+,11-/m1/s1. The lowest BCUT2D eigenvalue weighted by Gasteiger charge is -2.46. The van der Waals surface area contributed by atoms with E-state index in [1.54, 1.807) is 27.7 Å². The minimum absolute atomic E-state index is 0.0167. The highest BCUT2D eigenvalue weighted by Gasteiger charge is 2.52. The van der Waals surface area contributed by atoms with E-state index in [1.165, 1.54) is 0 Å². The molecule has 1 aliphatic heterocycles. The van der Waals surface area contributed by atoms with E-state index in [0.717, 1.165) is 4.90 Å². The molecule has 0 aromatic heterocycles. The number of amides is 2. The predicted octanol–water partition coefficient (Wildman–Crippen LogP) is 2.89. The van der Waals surface area contributed by atoms with Crippen LogP contribution in [0.3, 0.4) is 0 Å². The van der Waals surface area contributed by atoms with Gasteiger partial charge in [0.25, 0.3) is 0 Å². The van der Waals surface area contributed by atoms with Crippen molar-refractivity contribution in [3.63, 3.8) is 0 Å². The van der Waals surface area contributed by atoms with Gasteiger partial charge >= 0.3 is 18.2 Å². The van der Waals surface area contributed by atoms with Crippen LogP contribution in [-0.2, 0) is 19.0 Å². The van der Waals surface area contributed by atoms with Crippen molar-refractivity contribution in [1.82, 2.24) is 4.90 Å².